The number of carbonyl (C=O) groups excluding carboxylic acids is 1. The fraction of sp³-hybridized carbons (Fsp3) is 0.562. The van der Waals surface area contributed by atoms with Crippen molar-refractivity contribution in [1.29, 1.82) is 0 Å². The van der Waals surface area contributed by atoms with E-state index in [0.717, 1.165) is 30.8 Å². The molecule has 0 radical (unpaired) electrons. The lowest BCUT2D eigenvalue weighted by Crippen LogP contribution is -2.44. The fourth-order valence-corrected chi connectivity index (χ4v) is 2.55. The van der Waals surface area contributed by atoms with Gasteiger partial charge in [0.05, 0.1) is 19.3 Å². The minimum Gasteiger partial charge on any atom is -0.497 e. The van der Waals surface area contributed by atoms with Crippen LogP contribution in [0.2, 0.25) is 0 Å². The summed E-state index contributed by atoms with van der Waals surface area (Å²) in [5, 5.41) is 0. The predicted octanol–water partition coefficient (Wildman–Crippen LogP) is 1.55. The molecule has 5 heteroatoms. The van der Waals surface area contributed by atoms with Crippen LogP contribution >= 0.6 is 0 Å². The molecule has 1 amide bonds. The summed E-state index contributed by atoms with van der Waals surface area (Å²) in [7, 11) is 1.64. The van der Waals surface area contributed by atoms with Crippen LogP contribution in [0.4, 0.5) is 0 Å². The predicted molar refractivity (Wildman–Crippen MR) is 81.0 cm³/mol. The average molecular weight is 292 g/mol. The van der Waals surface area contributed by atoms with E-state index in [9.17, 15) is 4.79 Å². The maximum Gasteiger partial charge on any atom is 0.239 e. The van der Waals surface area contributed by atoms with Gasteiger partial charge in [-0.3, -0.25) is 4.79 Å². The molecule has 1 aliphatic heterocycles. The third-order valence-corrected chi connectivity index (χ3v) is 3.66. The Kier molecular flexibility index (Phi) is 5.59. The van der Waals surface area contributed by atoms with Crippen molar-refractivity contribution < 1.29 is 14.3 Å². The van der Waals surface area contributed by atoms with Gasteiger partial charge in [-0.2, -0.15) is 0 Å². The average Bonchev–Trinajstić information content (AvgIpc) is 2.99. The van der Waals surface area contributed by atoms with Gasteiger partial charge in [-0.25, -0.2) is 0 Å². The van der Waals surface area contributed by atoms with E-state index in [-0.39, 0.29) is 12.0 Å². The van der Waals surface area contributed by atoms with E-state index in [1.54, 1.807) is 18.9 Å². The fourth-order valence-electron chi connectivity index (χ4n) is 2.55. The zero-order valence-corrected chi connectivity index (χ0v) is 12.7. The standard InChI is InChI=1S/C16H24N2O3/c1-12(17)16(19)18(11-15-7-4-8-21-15)10-13-5-3-6-14(9-13)20-2/h3,5-6,9,12,15H,4,7-8,10-11,17H2,1-2H3/t12-,15+/m1/s1. The van der Waals surface area contributed by atoms with E-state index in [4.69, 9.17) is 15.2 Å². The number of methoxy groups -OCH3 is 1. The van der Waals surface area contributed by atoms with Gasteiger partial charge in [0.15, 0.2) is 0 Å². The molecule has 1 aromatic rings. The molecule has 1 saturated heterocycles. The van der Waals surface area contributed by atoms with Crippen molar-refractivity contribution in [2.75, 3.05) is 20.3 Å². The molecule has 0 aromatic heterocycles. The van der Waals surface area contributed by atoms with Crippen molar-refractivity contribution in [3.05, 3.63) is 29.8 Å². The zero-order valence-electron chi connectivity index (χ0n) is 12.7. The van der Waals surface area contributed by atoms with Crippen LogP contribution in [0.15, 0.2) is 24.3 Å². The first-order valence-electron chi connectivity index (χ1n) is 7.39. The van der Waals surface area contributed by atoms with E-state index < -0.39 is 6.04 Å². The van der Waals surface area contributed by atoms with Gasteiger partial charge in [0.2, 0.25) is 5.91 Å². The summed E-state index contributed by atoms with van der Waals surface area (Å²) in [5.74, 6) is 0.742. The number of carbonyl (C=O) groups is 1. The van der Waals surface area contributed by atoms with Crippen LogP contribution in [-0.4, -0.2) is 43.2 Å². The smallest absolute Gasteiger partial charge is 0.239 e. The minimum absolute atomic E-state index is 0.0479. The molecule has 1 aromatic carbocycles. The van der Waals surface area contributed by atoms with Crippen molar-refractivity contribution in [2.24, 2.45) is 5.73 Å². The van der Waals surface area contributed by atoms with Gasteiger partial charge >= 0.3 is 0 Å². The molecule has 2 N–H and O–H groups in total. The molecule has 2 atom stereocenters. The Morgan fingerprint density at radius 2 is 2.38 bits per heavy atom. The minimum atomic E-state index is -0.503. The number of ether oxygens (including phenoxy) is 2. The largest absolute Gasteiger partial charge is 0.497 e. The molecule has 0 spiro atoms. The van der Waals surface area contributed by atoms with E-state index in [2.05, 4.69) is 0 Å². The van der Waals surface area contributed by atoms with Crippen molar-refractivity contribution >= 4 is 5.91 Å². The van der Waals surface area contributed by atoms with E-state index in [1.165, 1.54) is 0 Å². The van der Waals surface area contributed by atoms with Gasteiger partial charge in [0.25, 0.3) is 0 Å². The summed E-state index contributed by atoms with van der Waals surface area (Å²) in [5.41, 5.74) is 6.79. The third kappa shape index (κ3) is 4.44. The second-order valence-electron chi connectivity index (χ2n) is 5.49. The van der Waals surface area contributed by atoms with Gasteiger partial charge in [-0.1, -0.05) is 12.1 Å². The monoisotopic (exact) mass is 292 g/mol. The highest BCUT2D eigenvalue weighted by Crippen LogP contribution is 2.18. The molecular weight excluding hydrogens is 268 g/mol. The molecule has 0 unspecified atom stereocenters. The van der Waals surface area contributed by atoms with Gasteiger partial charge in [0, 0.05) is 19.7 Å². The van der Waals surface area contributed by atoms with Crippen molar-refractivity contribution in [1.82, 2.24) is 4.90 Å². The number of rotatable bonds is 6. The van der Waals surface area contributed by atoms with E-state index in [0.29, 0.717) is 13.1 Å². The van der Waals surface area contributed by atoms with Gasteiger partial charge in [0.1, 0.15) is 5.75 Å². The summed E-state index contributed by atoms with van der Waals surface area (Å²) >= 11 is 0. The highest BCUT2D eigenvalue weighted by Gasteiger charge is 2.24. The number of benzene rings is 1. The summed E-state index contributed by atoms with van der Waals surface area (Å²) in [4.78, 5) is 14.1. The van der Waals surface area contributed by atoms with Gasteiger partial charge < -0.3 is 20.1 Å². The number of nitrogens with two attached hydrogens (primary N) is 1. The van der Waals surface area contributed by atoms with Gasteiger partial charge in [-0.05, 0) is 37.5 Å². The molecular formula is C16H24N2O3. The summed E-state index contributed by atoms with van der Waals surface area (Å²) in [6.07, 6.45) is 2.18. The van der Waals surface area contributed by atoms with Gasteiger partial charge in [-0.15, -0.1) is 0 Å². The molecule has 21 heavy (non-hydrogen) atoms. The molecule has 1 heterocycles. The highest BCUT2D eigenvalue weighted by atomic mass is 16.5. The highest BCUT2D eigenvalue weighted by molar-refractivity contribution is 5.81. The first kappa shape index (κ1) is 15.8. The third-order valence-electron chi connectivity index (χ3n) is 3.66. The molecule has 0 aliphatic carbocycles. The second-order valence-corrected chi connectivity index (χ2v) is 5.49. The van der Waals surface area contributed by atoms with Crippen molar-refractivity contribution in [3.8, 4) is 5.75 Å². The lowest BCUT2D eigenvalue weighted by molar-refractivity contribution is -0.134. The number of nitrogens with zero attached hydrogens (tertiary/aromatic N) is 1. The Labute approximate surface area is 126 Å². The quantitative estimate of drug-likeness (QED) is 0.864. The SMILES string of the molecule is COc1cccc(CN(C[C@@H]2CCCO2)C(=O)[C@@H](C)N)c1. The summed E-state index contributed by atoms with van der Waals surface area (Å²) in [6.45, 7) is 3.62. The Morgan fingerprint density at radius 1 is 1.57 bits per heavy atom. The topological polar surface area (TPSA) is 64.8 Å². The number of hydrogen-bond acceptors (Lipinski definition) is 4. The number of hydrogen-bond donors (Lipinski definition) is 1. The van der Waals surface area contributed by atoms with Crippen molar-refractivity contribution in [3.63, 3.8) is 0 Å². The van der Waals surface area contributed by atoms with Crippen molar-refractivity contribution in [2.45, 2.75) is 38.5 Å². The Hall–Kier alpha value is -1.59. The van der Waals surface area contributed by atoms with Crippen LogP contribution in [0.25, 0.3) is 0 Å². The Balaban J connectivity index is 2.08. The normalized spacial score (nSPS) is 19.3. The van der Waals surface area contributed by atoms with Crippen LogP contribution in [0.5, 0.6) is 5.75 Å². The first-order valence-corrected chi connectivity index (χ1v) is 7.39. The molecule has 2 rings (SSSR count). The van der Waals surface area contributed by atoms with Crippen LogP contribution in [0.3, 0.4) is 0 Å². The molecule has 0 saturated carbocycles. The second kappa shape index (κ2) is 7.43. The number of amides is 1. The maximum absolute atomic E-state index is 12.3. The Bertz CT molecular complexity index is 470. The summed E-state index contributed by atoms with van der Waals surface area (Å²) < 4.78 is 10.9. The van der Waals surface area contributed by atoms with Crippen LogP contribution in [0, 0.1) is 0 Å². The summed E-state index contributed by atoms with van der Waals surface area (Å²) in [6, 6.07) is 7.24. The lowest BCUT2D eigenvalue weighted by Gasteiger charge is -2.27. The maximum atomic E-state index is 12.3. The van der Waals surface area contributed by atoms with Crippen LogP contribution in [0.1, 0.15) is 25.3 Å². The van der Waals surface area contributed by atoms with E-state index in [1.807, 2.05) is 24.3 Å². The first-order chi connectivity index (χ1) is 10.1. The molecule has 0 bridgehead atoms. The molecule has 1 fully saturated rings. The Morgan fingerprint density at radius 3 is 3.00 bits per heavy atom. The molecule has 1 aliphatic rings. The molecule has 116 valence electrons. The van der Waals surface area contributed by atoms with Crippen LogP contribution in [-0.2, 0) is 16.1 Å². The lowest BCUT2D eigenvalue weighted by atomic mass is 10.1. The molecule has 5 nitrogen and oxygen atoms in total. The zero-order chi connectivity index (χ0) is 15.2. The van der Waals surface area contributed by atoms with Crippen LogP contribution < -0.4 is 10.5 Å². The van der Waals surface area contributed by atoms with E-state index >= 15 is 0 Å².